The molecular weight excluding hydrogens is 417 g/mol. The van der Waals surface area contributed by atoms with Gasteiger partial charge in [0.2, 0.25) is 0 Å². The van der Waals surface area contributed by atoms with Gasteiger partial charge in [0, 0.05) is 27.8 Å². The van der Waals surface area contributed by atoms with E-state index in [2.05, 4.69) is 10.3 Å². The predicted octanol–water partition coefficient (Wildman–Crippen LogP) is 3.67. The second-order valence-electron chi connectivity index (χ2n) is 6.44. The molecule has 1 aliphatic heterocycles. The zero-order valence-electron chi connectivity index (χ0n) is 14.8. The number of hydrogen-bond acceptors (Lipinski definition) is 4. The largest absolute Gasteiger partial charge is 0.474 e. The quantitative estimate of drug-likeness (QED) is 0.605. The number of fused-ring (bicyclic) bond motifs is 2. The Morgan fingerprint density at radius 1 is 1.17 bits per heavy atom. The lowest BCUT2D eigenvalue weighted by Gasteiger charge is -2.08. The van der Waals surface area contributed by atoms with Crippen molar-refractivity contribution < 1.29 is 14.7 Å². The summed E-state index contributed by atoms with van der Waals surface area (Å²) in [4.78, 5) is 39.6. The van der Waals surface area contributed by atoms with Gasteiger partial charge in [-0.05, 0) is 48.4 Å². The Bertz CT molecular complexity index is 1260. The van der Waals surface area contributed by atoms with Crippen LogP contribution in [0.1, 0.15) is 17.8 Å². The van der Waals surface area contributed by atoms with E-state index >= 15 is 0 Å². The molecule has 146 valence electrons. The molecule has 1 aliphatic rings. The van der Waals surface area contributed by atoms with Crippen LogP contribution in [-0.4, -0.2) is 26.5 Å². The minimum atomic E-state index is -1.60. The number of carbonyl (C=O) groups excluding carboxylic acids is 1. The Labute approximate surface area is 174 Å². The Morgan fingerprint density at radius 2 is 1.90 bits per heavy atom. The zero-order chi connectivity index (χ0) is 20.7. The summed E-state index contributed by atoms with van der Waals surface area (Å²) in [6.45, 7) is 0.475. The second-order valence-corrected chi connectivity index (χ2v) is 7.25. The van der Waals surface area contributed by atoms with E-state index in [1.807, 2.05) is 6.08 Å². The number of anilines is 1. The number of carbonyl (C=O) groups is 2. The summed E-state index contributed by atoms with van der Waals surface area (Å²) in [7, 11) is 0. The fourth-order valence-electron chi connectivity index (χ4n) is 3.24. The van der Waals surface area contributed by atoms with Crippen molar-refractivity contribution in [2.24, 2.45) is 0 Å². The van der Waals surface area contributed by atoms with E-state index in [-0.39, 0.29) is 11.2 Å². The number of halogens is 2. The predicted molar refractivity (Wildman–Crippen MR) is 111 cm³/mol. The summed E-state index contributed by atoms with van der Waals surface area (Å²) in [5, 5.41) is 12.3. The molecular formula is C20H13Cl2N3O4. The maximum atomic E-state index is 12.9. The van der Waals surface area contributed by atoms with Crippen molar-refractivity contribution in [2.75, 3.05) is 5.32 Å². The first kappa shape index (κ1) is 19.2. The van der Waals surface area contributed by atoms with Gasteiger partial charge in [-0.2, -0.15) is 0 Å². The summed E-state index contributed by atoms with van der Waals surface area (Å²) in [6, 6.07) is 9.66. The number of carboxylic acids is 1. The van der Waals surface area contributed by atoms with Crippen LogP contribution in [0.15, 0.2) is 41.2 Å². The Morgan fingerprint density at radius 3 is 2.59 bits per heavy atom. The molecule has 4 rings (SSSR count). The molecule has 0 bridgehead atoms. The van der Waals surface area contributed by atoms with Crippen LogP contribution >= 0.6 is 23.2 Å². The van der Waals surface area contributed by atoms with E-state index in [0.717, 1.165) is 5.57 Å². The molecule has 0 aliphatic carbocycles. The van der Waals surface area contributed by atoms with Crippen LogP contribution in [0.4, 0.5) is 5.69 Å². The minimum Gasteiger partial charge on any atom is -0.474 e. The minimum absolute atomic E-state index is 0.213. The molecule has 0 unspecified atom stereocenters. The van der Waals surface area contributed by atoms with Crippen molar-refractivity contribution >= 4 is 63.3 Å². The molecule has 29 heavy (non-hydrogen) atoms. The van der Waals surface area contributed by atoms with Gasteiger partial charge in [-0.25, -0.2) is 9.78 Å². The van der Waals surface area contributed by atoms with Crippen molar-refractivity contribution in [3.63, 3.8) is 0 Å². The average molecular weight is 430 g/mol. The summed E-state index contributed by atoms with van der Waals surface area (Å²) < 4.78 is 1.58. The molecule has 2 aromatic carbocycles. The molecule has 0 saturated heterocycles. The van der Waals surface area contributed by atoms with Gasteiger partial charge >= 0.3 is 11.9 Å². The monoisotopic (exact) mass is 429 g/mol. The highest BCUT2D eigenvalue weighted by Gasteiger charge is 2.22. The van der Waals surface area contributed by atoms with E-state index in [9.17, 15) is 14.4 Å². The second kappa shape index (κ2) is 7.35. The number of rotatable bonds is 2. The van der Waals surface area contributed by atoms with Gasteiger partial charge in [0.05, 0.1) is 10.9 Å². The van der Waals surface area contributed by atoms with Gasteiger partial charge in [-0.15, -0.1) is 0 Å². The number of allylic oxidation sites excluding steroid dienone is 1. The Hall–Kier alpha value is -3.16. The molecule has 0 atom stereocenters. The van der Waals surface area contributed by atoms with E-state index in [0.29, 0.717) is 45.3 Å². The van der Waals surface area contributed by atoms with Crippen LogP contribution in [0.25, 0.3) is 22.6 Å². The van der Waals surface area contributed by atoms with Gasteiger partial charge in [-0.3, -0.25) is 14.2 Å². The van der Waals surface area contributed by atoms with Crippen molar-refractivity contribution in [3.05, 3.63) is 68.2 Å². The highest BCUT2D eigenvalue weighted by molar-refractivity contribution is 6.37. The van der Waals surface area contributed by atoms with Crippen LogP contribution in [0.3, 0.4) is 0 Å². The summed E-state index contributed by atoms with van der Waals surface area (Å²) in [6.07, 6.45) is 2.40. The van der Waals surface area contributed by atoms with Crippen molar-refractivity contribution in [1.29, 1.82) is 0 Å². The molecule has 9 heteroatoms. The fourth-order valence-corrected chi connectivity index (χ4v) is 3.75. The first-order valence-corrected chi connectivity index (χ1v) is 9.34. The van der Waals surface area contributed by atoms with Gasteiger partial charge < -0.3 is 10.4 Å². The lowest BCUT2D eigenvalue weighted by atomic mass is 10.1. The maximum absolute atomic E-state index is 12.9. The van der Waals surface area contributed by atoms with E-state index < -0.39 is 11.9 Å². The number of aliphatic carboxylic acids is 1. The number of benzene rings is 2. The first-order valence-electron chi connectivity index (χ1n) is 8.59. The SMILES string of the molecule is O=C(O)C(=O)Nc1ccc2c(=O)n3c(nc2c1)/C(=C/c1c(Cl)cccc1Cl)CC3. The lowest BCUT2D eigenvalue weighted by Crippen LogP contribution is -2.23. The normalized spacial score (nSPS) is 14.2. The number of hydrogen-bond donors (Lipinski definition) is 2. The molecule has 0 saturated carbocycles. The first-order chi connectivity index (χ1) is 13.8. The molecule has 0 spiro atoms. The Kier molecular flexibility index (Phi) is 4.86. The standard InChI is InChI=1S/C20H13Cl2N3O4/c21-14-2-1-3-15(22)13(14)8-10-6-7-25-17(10)24-16-9-11(23-18(26)20(28)29)4-5-12(16)19(25)27/h1-5,8-9H,6-7H2,(H,23,26)(H,28,29)/b10-8+. The Balaban J connectivity index is 1.83. The lowest BCUT2D eigenvalue weighted by molar-refractivity contribution is -0.147. The number of carboxylic acid groups (broad SMARTS) is 1. The van der Waals surface area contributed by atoms with Crippen molar-refractivity contribution in [1.82, 2.24) is 9.55 Å². The highest BCUT2D eigenvalue weighted by Crippen LogP contribution is 2.33. The molecule has 1 amide bonds. The van der Waals surface area contributed by atoms with E-state index in [1.165, 1.54) is 18.2 Å². The van der Waals surface area contributed by atoms with Gasteiger partial charge in [-0.1, -0.05) is 29.3 Å². The van der Waals surface area contributed by atoms with Crippen LogP contribution in [0.2, 0.25) is 10.0 Å². The summed E-state index contributed by atoms with van der Waals surface area (Å²) in [5.74, 6) is -2.29. The maximum Gasteiger partial charge on any atom is 0.394 e. The number of aromatic nitrogens is 2. The summed E-state index contributed by atoms with van der Waals surface area (Å²) in [5.41, 5.74) is 1.83. The third-order valence-corrected chi connectivity index (χ3v) is 5.28. The van der Waals surface area contributed by atoms with Crippen molar-refractivity contribution in [3.8, 4) is 0 Å². The molecule has 3 aromatic rings. The topological polar surface area (TPSA) is 101 Å². The van der Waals surface area contributed by atoms with Crippen LogP contribution in [-0.2, 0) is 16.1 Å². The fraction of sp³-hybridized carbons (Fsp3) is 0.100. The number of nitrogens with one attached hydrogen (secondary N) is 1. The third kappa shape index (κ3) is 3.50. The highest BCUT2D eigenvalue weighted by atomic mass is 35.5. The van der Waals surface area contributed by atoms with Gasteiger partial charge in [0.25, 0.3) is 5.56 Å². The average Bonchev–Trinajstić information content (AvgIpc) is 3.07. The molecule has 0 radical (unpaired) electrons. The number of nitrogens with zero attached hydrogens (tertiary/aromatic N) is 2. The zero-order valence-corrected chi connectivity index (χ0v) is 16.3. The molecule has 1 aromatic heterocycles. The molecule has 2 N–H and O–H groups in total. The van der Waals surface area contributed by atoms with Crippen LogP contribution in [0.5, 0.6) is 0 Å². The van der Waals surface area contributed by atoms with Crippen molar-refractivity contribution in [2.45, 2.75) is 13.0 Å². The molecule has 0 fully saturated rings. The van der Waals surface area contributed by atoms with E-state index in [1.54, 1.807) is 22.8 Å². The molecule has 7 nitrogen and oxygen atoms in total. The van der Waals surface area contributed by atoms with Crippen LogP contribution in [0, 0.1) is 0 Å². The van der Waals surface area contributed by atoms with Crippen LogP contribution < -0.4 is 10.9 Å². The number of amides is 1. The summed E-state index contributed by atoms with van der Waals surface area (Å²) >= 11 is 12.5. The van der Waals surface area contributed by atoms with E-state index in [4.69, 9.17) is 28.3 Å². The smallest absolute Gasteiger partial charge is 0.394 e. The molecule has 2 heterocycles. The van der Waals surface area contributed by atoms with Gasteiger partial charge in [0.15, 0.2) is 0 Å². The van der Waals surface area contributed by atoms with Gasteiger partial charge in [0.1, 0.15) is 5.82 Å². The third-order valence-electron chi connectivity index (χ3n) is 4.62.